The Morgan fingerprint density at radius 2 is 2.22 bits per heavy atom. The quantitative estimate of drug-likeness (QED) is 0.707. The molecule has 3 aromatic rings. The summed E-state index contributed by atoms with van der Waals surface area (Å²) in [5, 5.41) is 2.89. The van der Waals surface area contributed by atoms with Crippen LogP contribution in [0.15, 0.2) is 16.2 Å². The maximum Gasteiger partial charge on any atom is 0.259 e. The largest absolute Gasteiger partial charge is 0.337 e. The molecule has 3 aromatic heterocycles. The van der Waals surface area contributed by atoms with Crippen molar-refractivity contribution in [2.24, 2.45) is 0 Å². The SMILES string of the molecule is O=C(CSCc1nc2sc3c(c2c(=O)[nH]1)CCC3)N1CCc2sccc2C1. The van der Waals surface area contributed by atoms with Crippen LogP contribution in [0.2, 0.25) is 0 Å². The molecule has 1 N–H and O–H groups in total. The summed E-state index contributed by atoms with van der Waals surface area (Å²) < 4.78 is 0. The zero-order valence-electron chi connectivity index (χ0n) is 14.7. The van der Waals surface area contributed by atoms with E-state index in [-0.39, 0.29) is 11.5 Å². The zero-order chi connectivity index (χ0) is 18.4. The van der Waals surface area contributed by atoms with E-state index in [0.29, 0.717) is 17.3 Å². The van der Waals surface area contributed by atoms with Gasteiger partial charge < -0.3 is 9.88 Å². The smallest absolute Gasteiger partial charge is 0.259 e. The highest BCUT2D eigenvalue weighted by atomic mass is 32.2. The van der Waals surface area contributed by atoms with E-state index in [4.69, 9.17) is 0 Å². The molecule has 2 aliphatic rings. The number of aryl methyl sites for hydroxylation is 2. The fourth-order valence-electron chi connectivity index (χ4n) is 3.90. The standard InChI is InChI=1S/C19H19N3O2S3/c23-16(22-6-4-13-11(8-22)5-7-26-13)10-25-9-15-20-18(24)17-12-2-1-3-14(12)27-19(17)21-15/h5,7H,1-4,6,8-10H2,(H,20,21,24). The highest BCUT2D eigenvalue weighted by Crippen LogP contribution is 2.34. The van der Waals surface area contributed by atoms with Crippen LogP contribution in [-0.2, 0) is 36.4 Å². The predicted molar refractivity (Wildman–Crippen MR) is 112 cm³/mol. The van der Waals surface area contributed by atoms with Crippen molar-refractivity contribution in [3.8, 4) is 0 Å². The first-order chi connectivity index (χ1) is 13.2. The lowest BCUT2D eigenvalue weighted by atomic mass is 10.1. The van der Waals surface area contributed by atoms with Crippen molar-refractivity contribution < 1.29 is 4.79 Å². The lowest BCUT2D eigenvalue weighted by molar-refractivity contribution is -0.129. The van der Waals surface area contributed by atoms with Crippen molar-refractivity contribution in [1.29, 1.82) is 0 Å². The van der Waals surface area contributed by atoms with Crippen LogP contribution < -0.4 is 5.56 Å². The van der Waals surface area contributed by atoms with Gasteiger partial charge in [0.2, 0.25) is 5.91 Å². The van der Waals surface area contributed by atoms with Crippen molar-refractivity contribution in [3.05, 3.63) is 48.5 Å². The Balaban J connectivity index is 1.23. The van der Waals surface area contributed by atoms with Crippen LogP contribution in [0.3, 0.4) is 0 Å². The third kappa shape index (κ3) is 3.23. The third-order valence-electron chi connectivity index (χ3n) is 5.25. The molecule has 0 spiro atoms. The van der Waals surface area contributed by atoms with Crippen molar-refractivity contribution in [2.45, 2.75) is 38.0 Å². The summed E-state index contributed by atoms with van der Waals surface area (Å²) in [4.78, 5) is 38.1. The minimum absolute atomic E-state index is 0.0256. The normalized spacial score (nSPS) is 15.9. The fraction of sp³-hybridized carbons (Fsp3) is 0.421. The van der Waals surface area contributed by atoms with E-state index < -0.39 is 0 Å². The number of rotatable bonds is 4. The topological polar surface area (TPSA) is 66.1 Å². The average molecular weight is 418 g/mol. The number of nitrogens with one attached hydrogen (secondary N) is 1. The first kappa shape index (κ1) is 17.5. The summed E-state index contributed by atoms with van der Waals surface area (Å²) in [5.74, 6) is 1.80. The van der Waals surface area contributed by atoms with E-state index in [1.54, 1.807) is 22.7 Å². The molecule has 0 saturated carbocycles. The first-order valence-corrected chi connectivity index (χ1v) is 12.0. The Kier molecular flexibility index (Phi) is 4.57. The number of nitrogens with zero attached hydrogens (tertiary/aromatic N) is 2. The molecule has 0 unspecified atom stereocenters. The molecule has 1 amide bonds. The Bertz CT molecular complexity index is 1080. The molecule has 1 aliphatic carbocycles. The maximum absolute atomic E-state index is 12.5. The van der Waals surface area contributed by atoms with Crippen molar-refractivity contribution in [1.82, 2.24) is 14.9 Å². The highest BCUT2D eigenvalue weighted by Gasteiger charge is 2.22. The lowest BCUT2D eigenvalue weighted by Crippen LogP contribution is -2.36. The second-order valence-corrected chi connectivity index (χ2v) is 10.0. The molecule has 0 radical (unpaired) electrons. The number of carbonyl (C=O) groups is 1. The summed E-state index contributed by atoms with van der Waals surface area (Å²) in [5.41, 5.74) is 2.46. The molecular formula is C19H19N3O2S3. The number of thiophene rings is 2. The van der Waals surface area contributed by atoms with Crippen molar-refractivity contribution in [2.75, 3.05) is 12.3 Å². The summed E-state index contributed by atoms with van der Waals surface area (Å²) >= 11 is 4.96. The second kappa shape index (κ2) is 7.07. The van der Waals surface area contributed by atoms with Crippen LogP contribution >= 0.6 is 34.4 Å². The van der Waals surface area contributed by atoms with E-state index in [1.807, 2.05) is 4.90 Å². The maximum atomic E-state index is 12.5. The van der Waals surface area contributed by atoms with Gasteiger partial charge in [-0.2, -0.15) is 0 Å². The number of H-pyrrole nitrogens is 1. The molecule has 0 aromatic carbocycles. The zero-order valence-corrected chi connectivity index (χ0v) is 17.2. The first-order valence-electron chi connectivity index (χ1n) is 9.13. The van der Waals surface area contributed by atoms with Gasteiger partial charge in [-0.15, -0.1) is 34.4 Å². The summed E-state index contributed by atoms with van der Waals surface area (Å²) in [6.07, 6.45) is 4.15. The number of hydrogen-bond acceptors (Lipinski definition) is 6. The van der Waals surface area contributed by atoms with Gasteiger partial charge in [0.1, 0.15) is 10.7 Å². The molecule has 8 heteroatoms. The number of fused-ring (bicyclic) bond motifs is 4. The van der Waals surface area contributed by atoms with E-state index in [1.165, 1.54) is 32.6 Å². The van der Waals surface area contributed by atoms with Gasteiger partial charge in [0, 0.05) is 22.8 Å². The van der Waals surface area contributed by atoms with Gasteiger partial charge in [-0.05, 0) is 48.3 Å². The van der Waals surface area contributed by atoms with Crippen LogP contribution in [0, 0.1) is 0 Å². The molecule has 0 bridgehead atoms. The van der Waals surface area contributed by atoms with E-state index in [2.05, 4.69) is 21.4 Å². The number of amides is 1. The summed E-state index contributed by atoms with van der Waals surface area (Å²) in [6, 6.07) is 2.12. The van der Waals surface area contributed by atoms with Crippen LogP contribution in [0.5, 0.6) is 0 Å². The van der Waals surface area contributed by atoms with E-state index in [9.17, 15) is 9.59 Å². The Labute approximate surface area is 168 Å². The van der Waals surface area contributed by atoms with Crippen molar-refractivity contribution >= 4 is 50.6 Å². The van der Waals surface area contributed by atoms with Gasteiger partial charge in [0.15, 0.2) is 0 Å². The van der Waals surface area contributed by atoms with Gasteiger partial charge in [0.25, 0.3) is 5.56 Å². The van der Waals surface area contributed by atoms with Gasteiger partial charge in [0.05, 0.1) is 16.9 Å². The minimum atomic E-state index is -0.0256. The average Bonchev–Trinajstić information content (AvgIpc) is 3.35. The highest BCUT2D eigenvalue weighted by molar-refractivity contribution is 7.99. The van der Waals surface area contributed by atoms with Crippen molar-refractivity contribution in [3.63, 3.8) is 0 Å². The Hall–Kier alpha value is -1.64. The molecular weight excluding hydrogens is 398 g/mol. The summed E-state index contributed by atoms with van der Waals surface area (Å²) in [6.45, 7) is 1.52. The van der Waals surface area contributed by atoms with E-state index in [0.717, 1.165) is 49.0 Å². The number of aromatic amines is 1. The Morgan fingerprint density at radius 1 is 1.30 bits per heavy atom. The third-order valence-corrected chi connectivity index (χ3v) is 8.39. The molecule has 0 atom stereocenters. The molecule has 140 valence electrons. The van der Waals surface area contributed by atoms with Crippen LogP contribution in [0.4, 0.5) is 0 Å². The van der Waals surface area contributed by atoms with E-state index >= 15 is 0 Å². The lowest BCUT2D eigenvalue weighted by Gasteiger charge is -2.26. The van der Waals surface area contributed by atoms with Gasteiger partial charge in [-0.1, -0.05) is 0 Å². The Morgan fingerprint density at radius 3 is 3.15 bits per heavy atom. The van der Waals surface area contributed by atoms with Gasteiger partial charge in [-0.25, -0.2) is 4.98 Å². The monoisotopic (exact) mass is 417 g/mol. The second-order valence-electron chi connectivity index (χ2n) is 6.98. The number of aromatic nitrogens is 2. The number of carbonyl (C=O) groups excluding carboxylic acids is 1. The van der Waals surface area contributed by atoms with Gasteiger partial charge in [-0.3, -0.25) is 9.59 Å². The molecule has 1 aliphatic heterocycles. The van der Waals surface area contributed by atoms with Crippen LogP contribution in [0.1, 0.15) is 33.1 Å². The number of hydrogen-bond donors (Lipinski definition) is 1. The van der Waals surface area contributed by atoms with Gasteiger partial charge >= 0.3 is 0 Å². The molecule has 4 heterocycles. The molecule has 0 saturated heterocycles. The number of thioether (sulfide) groups is 1. The molecule has 27 heavy (non-hydrogen) atoms. The predicted octanol–water partition coefficient (Wildman–Crippen LogP) is 3.35. The molecule has 5 rings (SSSR count). The van der Waals surface area contributed by atoms with Crippen LogP contribution in [-0.4, -0.2) is 33.1 Å². The fourth-order valence-corrected chi connectivity index (χ4v) is 6.86. The minimum Gasteiger partial charge on any atom is -0.337 e. The van der Waals surface area contributed by atoms with Crippen LogP contribution in [0.25, 0.3) is 10.2 Å². The molecule has 0 fully saturated rings. The molecule has 5 nitrogen and oxygen atoms in total. The summed E-state index contributed by atoms with van der Waals surface area (Å²) in [7, 11) is 0.